The lowest BCUT2D eigenvalue weighted by atomic mass is 10.1. The average molecular weight is 204 g/mol. The van der Waals surface area contributed by atoms with Crippen molar-refractivity contribution in [3.8, 4) is 0 Å². The van der Waals surface area contributed by atoms with E-state index < -0.39 is 0 Å². The topological polar surface area (TPSA) is 41.5 Å². The minimum atomic E-state index is -0.0894. The molecule has 0 aromatic heterocycles. The first-order valence-electron chi connectivity index (χ1n) is 4.99. The number of aryl methyl sites for hydroxylation is 1. The minimum Gasteiger partial charge on any atom is -0.354 e. The van der Waals surface area contributed by atoms with Crippen molar-refractivity contribution in [1.82, 2.24) is 5.32 Å². The Morgan fingerprint density at radius 2 is 2.00 bits per heavy atom. The van der Waals surface area contributed by atoms with Gasteiger partial charge in [-0.1, -0.05) is 30.3 Å². The van der Waals surface area contributed by atoms with E-state index in [-0.39, 0.29) is 5.91 Å². The number of amides is 1. The Balaban J connectivity index is 2.53. The molecule has 0 aliphatic carbocycles. The summed E-state index contributed by atoms with van der Waals surface area (Å²) in [5.41, 5.74) is 1.82. The summed E-state index contributed by atoms with van der Waals surface area (Å²) < 4.78 is 0. The molecule has 1 aromatic rings. The number of rotatable bonds is 4. The second-order valence-corrected chi connectivity index (χ2v) is 3.24. The van der Waals surface area contributed by atoms with Crippen LogP contribution >= 0.6 is 0 Å². The molecule has 0 atom stereocenters. The van der Waals surface area contributed by atoms with Crippen LogP contribution in [0, 0.1) is 0 Å². The van der Waals surface area contributed by atoms with E-state index in [1.165, 1.54) is 5.56 Å². The zero-order valence-electron chi connectivity index (χ0n) is 9.16. The molecule has 0 heterocycles. The maximum absolute atomic E-state index is 11.3. The second-order valence-electron chi connectivity index (χ2n) is 3.24. The van der Waals surface area contributed by atoms with E-state index in [0.717, 1.165) is 6.42 Å². The van der Waals surface area contributed by atoms with E-state index in [2.05, 4.69) is 22.4 Å². The number of benzene rings is 1. The van der Waals surface area contributed by atoms with Crippen LogP contribution in [-0.2, 0) is 11.2 Å². The minimum absolute atomic E-state index is 0.0894. The fourth-order valence-corrected chi connectivity index (χ4v) is 1.38. The van der Waals surface area contributed by atoms with Gasteiger partial charge in [-0.15, -0.1) is 0 Å². The van der Waals surface area contributed by atoms with Crippen molar-refractivity contribution in [2.24, 2.45) is 4.99 Å². The van der Waals surface area contributed by atoms with Gasteiger partial charge in [0, 0.05) is 14.1 Å². The summed E-state index contributed by atoms with van der Waals surface area (Å²) in [5, 5.41) is 2.58. The van der Waals surface area contributed by atoms with Gasteiger partial charge in [0.2, 0.25) is 0 Å². The normalized spacial score (nSPS) is 11.2. The standard InChI is InChI=1S/C12H16N2O/c1-13-11(12(15)14-2)9-8-10-6-4-3-5-7-10/h3-7H,8-9H2,1-2H3,(H,14,15). The summed E-state index contributed by atoms with van der Waals surface area (Å²) in [6.07, 6.45) is 1.53. The van der Waals surface area contributed by atoms with Crippen LogP contribution < -0.4 is 5.32 Å². The lowest BCUT2D eigenvalue weighted by Crippen LogP contribution is -2.27. The highest BCUT2D eigenvalue weighted by Crippen LogP contribution is 2.03. The van der Waals surface area contributed by atoms with Crippen LogP contribution in [0.1, 0.15) is 12.0 Å². The first-order valence-corrected chi connectivity index (χ1v) is 4.99. The number of carbonyl (C=O) groups excluding carboxylic acids is 1. The monoisotopic (exact) mass is 204 g/mol. The Morgan fingerprint density at radius 1 is 1.33 bits per heavy atom. The van der Waals surface area contributed by atoms with Crippen LogP contribution in [0.3, 0.4) is 0 Å². The highest BCUT2D eigenvalue weighted by atomic mass is 16.1. The molecule has 3 heteroatoms. The first kappa shape index (κ1) is 11.4. The third-order valence-electron chi connectivity index (χ3n) is 2.25. The highest BCUT2D eigenvalue weighted by molar-refractivity contribution is 6.38. The van der Waals surface area contributed by atoms with Crippen LogP contribution in [0.15, 0.2) is 35.3 Å². The molecule has 0 aliphatic rings. The Bertz CT molecular complexity index is 344. The van der Waals surface area contributed by atoms with Gasteiger partial charge in [0.1, 0.15) is 0 Å². The maximum Gasteiger partial charge on any atom is 0.264 e. The Labute approximate surface area is 90.2 Å². The molecule has 1 rings (SSSR count). The lowest BCUT2D eigenvalue weighted by Gasteiger charge is -2.04. The molecule has 0 fully saturated rings. The summed E-state index contributed by atoms with van der Waals surface area (Å²) in [5.74, 6) is -0.0894. The van der Waals surface area contributed by atoms with Crippen molar-refractivity contribution in [1.29, 1.82) is 0 Å². The fourth-order valence-electron chi connectivity index (χ4n) is 1.38. The molecule has 0 saturated heterocycles. The SMILES string of the molecule is CN=C(CCc1ccccc1)C(=O)NC. The van der Waals surface area contributed by atoms with E-state index in [0.29, 0.717) is 12.1 Å². The van der Waals surface area contributed by atoms with Crippen LogP contribution in [0.5, 0.6) is 0 Å². The quantitative estimate of drug-likeness (QED) is 0.741. The third kappa shape index (κ3) is 3.54. The molecule has 0 aliphatic heterocycles. The molecule has 0 unspecified atom stereocenters. The van der Waals surface area contributed by atoms with E-state index in [4.69, 9.17) is 0 Å². The third-order valence-corrected chi connectivity index (χ3v) is 2.25. The Morgan fingerprint density at radius 3 is 2.53 bits per heavy atom. The van der Waals surface area contributed by atoms with E-state index >= 15 is 0 Å². The summed E-state index contributed by atoms with van der Waals surface area (Å²) in [7, 11) is 3.27. The molecule has 80 valence electrons. The molecular weight excluding hydrogens is 188 g/mol. The molecule has 3 nitrogen and oxygen atoms in total. The summed E-state index contributed by atoms with van der Waals surface area (Å²) >= 11 is 0. The average Bonchev–Trinajstić information content (AvgIpc) is 2.31. The van der Waals surface area contributed by atoms with E-state index in [1.807, 2.05) is 18.2 Å². The first-order chi connectivity index (χ1) is 7.27. The molecule has 15 heavy (non-hydrogen) atoms. The van der Waals surface area contributed by atoms with Crippen LogP contribution in [0.2, 0.25) is 0 Å². The van der Waals surface area contributed by atoms with Crippen molar-refractivity contribution < 1.29 is 4.79 Å². The molecule has 1 aromatic carbocycles. The Hall–Kier alpha value is -1.64. The van der Waals surface area contributed by atoms with Crippen LogP contribution in [0.4, 0.5) is 0 Å². The number of nitrogens with one attached hydrogen (secondary N) is 1. The number of aliphatic imine (C=N–C) groups is 1. The molecule has 1 N–H and O–H groups in total. The Kier molecular flexibility index (Phi) is 4.54. The second kappa shape index (κ2) is 5.96. The van der Waals surface area contributed by atoms with Gasteiger partial charge in [0.25, 0.3) is 5.91 Å². The summed E-state index contributed by atoms with van der Waals surface area (Å²) in [6.45, 7) is 0. The van der Waals surface area contributed by atoms with Gasteiger partial charge < -0.3 is 5.32 Å². The molecule has 0 spiro atoms. The van der Waals surface area contributed by atoms with Gasteiger partial charge in [0.15, 0.2) is 0 Å². The molecule has 0 radical (unpaired) electrons. The predicted octanol–water partition coefficient (Wildman–Crippen LogP) is 1.44. The number of carbonyl (C=O) groups is 1. The van der Waals surface area contributed by atoms with Gasteiger partial charge in [-0.2, -0.15) is 0 Å². The van der Waals surface area contributed by atoms with Crippen molar-refractivity contribution in [2.45, 2.75) is 12.8 Å². The lowest BCUT2D eigenvalue weighted by molar-refractivity contribution is -0.114. The predicted molar refractivity (Wildman–Crippen MR) is 62.2 cm³/mol. The smallest absolute Gasteiger partial charge is 0.264 e. The fraction of sp³-hybridized carbons (Fsp3) is 0.333. The number of hydrogen-bond acceptors (Lipinski definition) is 2. The zero-order chi connectivity index (χ0) is 11.1. The molecule has 1 amide bonds. The largest absolute Gasteiger partial charge is 0.354 e. The van der Waals surface area contributed by atoms with E-state index in [9.17, 15) is 4.79 Å². The van der Waals surface area contributed by atoms with Gasteiger partial charge in [-0.3, -0.25) is 9.79 Å². The zero-order valence-corrected chi connectivity index (χ0v) is 9.16. The van der Waals surface area contributed by atoms with Gasteiger partial charge >= 0.3 is 0 Å². The van der Waals surface area contributed by atoms with Crippen molar-refractivity contribution >= 4 is 11.6 Å². The van der Waals surface area contributed by atoms with E-state index in [1.54, 1.807) is 14.1 Å². The molecule has 0 bridgehead atoms. The number of hydrogen-bond donors (Lipinski definition) is 1. The molecular formula is C12H16N2O. The molecule has 0 saturated carbocycles. The van der Waals surface area contributed by atoms with Crippen molar-refractivity contribution in [3.05, 3.63) is 35.9 Å². The van der Waals surface area contributed by atoms with Crippen LogP contribution in [-0.4, -0.2) is 25.7 Å². The maximum atomic E-state index is 11.3. The van der Waals surface area contributed by atoms with Crippen molar-refractivity contribution in [3.63, 3.8) is 0 Å². The van der Waals surface area contributed by atoms with Crippen LogP contribution in [0.25, 0.3) is 0 Å². The summed E-state index contributed by atoms with van der Waals surface area (Å²) in [4.78, 5) is 15.3. The highest BCUT2D eigenvalue weighted by Gasteiger charge is 2.07. The van der Waals surface area contributed by atoms with Gasteiger partial charge in [-0.25, -0.2) is 0 Å². The number of nitrogens with zero attached hydrogens (tertiary/aromatic N) is 1. The van der Waals surface area contributed by atoms with Gasteiger partial charge in [0.05, 0.1) is 5.71 Å². The van der Waals surface area contributed by atoms with Crippen molar-refractivity contribution in [2.75, 3.05) is 14.1 Å². The van der Waals surface area contributed by atoms with Gasteiger partial charge in [-0.05, 0) is 18.4 Å². The summed E-state index contributed by atoms with van der Waals surface area (Å²) in [6, 6.07) is 10.1.